The van der Waals surface area contributed by atoms with E-state index >= 15 is 0 Å². The molecule has 5 heteroatoms. The van der Waals surface area contributed by atoms with Crippen LogP contribution in [0.2, 0.25) is 0 Å². The minimum Gasteiger partial charge on any atom is -0.372 e. The molecule has 0 atom stereocenters. The molecule has 1 fully saturated rings. The highest BCUT2D eigenvalue weighted by atomic mass is 16.2. The lowest BCUT2D eigenvalue weighted by Crippen LogP contribution is -2.18. The molecule has 1 aromatic heterocycles. The van der Waals surface area contributed by atoms with Crippen molar-refractivity contribution in [3.8, 4) is 5.69 Å². The van der Waals surface area contributed by atoms with Gasteiger partial charge in [0.2, 0.25) is 0 Å². The van der Waals surface area contributed by atoms with Crippen molar-refractivity contribution in [2.45, 2.75) is 19.8 Å². The monoisotopic (exact) mass is 372 g/mol. The van der Waals surface area contributed by atoms with Crippen LogP contribution in [0.15, 0.2) is 72.1 Å². The molecule has 2 aromatic carbocycles. The molecule has 5 nitrogen and oxygen atoms in total. The number of aryl methyl sites for hydroxylation is 1. The smallest absolute Gasteiger partial charge is 0.271 e. The Hall–Kier alpha value is -3.34. The number of anilines is 1. The second-order valence-corrected chi connectivity index (χ2v) is 7.07. The number of carbonyl (C=O) groups excluding carboxylic acids is 1. The fraction of sp³-hybridized carbons (Fsp3) is 0.217. The second kappa shape index (κ2) is 8.13. The van der Waals surface area contributed by atoms with Gasteiger partial charge in [0.05, 0.1) is 6.21 Å². The first-order chi connectivity index (χ1) is 13.7. The number of hydrazone groups is 1. The van der Waals surface area contributed by atoms with Crippen molar-refractivity contribution in [2.75, 3.05) is 18.0 Å². The number of rotatable bonds is 5. The van der Waals surface area contributed by atoms with Gasteiger partial charge in [-0.25, -0.2) is 5.43 Å². The van der Waals surface area contributed by atoms with Crippen LogP contribution in [-0.2, 0) is 0 Å². The van der Waals surface area contributed by atoms with E-state index in [0.29, 0.717) is 5.56 Å². The van der Waals surface area contributed by atoms with Crippen molar-refractivity contribution >= 4 is 17.8 Å². The summed E-state index contributed by atoms with van der Waals surface area (Å²) in [5, 5.41) is 4.15. The SMILES string of the molecule is Cc1cc(N2CCCC2)ccc1/C=N/NC(=O)c1cccc(-n2cccc2)c1. The Kier molecular flexibility index (Phi) is 5.24. The summed E-state index contributed by atoms with van der Waals surface area (Å²) in [5.41, 5.74) is 7.56. The van der Waals surface area contributed by atoms with Crippen LogP contribution in [0.4, 0.5) is 5.69 Å². The number of hydrogen-bond acceptors (Lipinski definition) is 3. The van der Waals surface area contributed by atoms with Crippen molar-refractivity contribution < 1.29 is 4.79 Å². The first kappa shape index (κ1) is 18.0. The standard InChI is InChI=1S/C23H24N4O/c1-18-15-22(27-13-4-5-14-27)10-9-20(18)17-24-25-23(28)19-7-6-8-21(16-19)26-11-2-3-12-26/h2-3,6-12,15-17H,4-5,13-14H2,1H3,(H,25,28)/b24-17+. The number of hydrogen-bond donors (Lipinski definition) is 1. The topological polar surface area (TPSA) is 49.6 Å². The predicted octanol–water partition coefficient (Wildman–Crippen LogP) is 4.15. The van der Waals surface area contributed by atoms with E-state index in [-0.39, 0.29) is 5.91 Å². The molecule has 3 aromatic rings. The van der Waals surface area contributed by atoms with Crippen molar-refractivity contribution in [2.24, 2.45) is 5.10 Å². The molecule has 1 amide bonds. The van der Waals surface area contributed by atoms with Crippen LogP contribution < -0.4 is 10.3 Å². The van der Waals surface area contributed by atoms with Crippen molar-refractivity contribution in [3.05, 3.63) is 83.7 Å². The van der Waals surface area contributed by atoms with Gasteiger partial charge in [0.25, 0.3) is 5.91 Å². The molecule has 1 aliphatic rings. The molecule has 0 radical (unpaired) electrons. The molecule has 0 spiro atoms. The number of aromatic nitrogens is 1. The van der Waals surface area contributed by atoms with Crippen LogP contribution in [0.25, 0.3) is 5.69 Å². The molecule has 1 saturated heterocycles. The average molecular weight is 372 g/mol. The predicted molar refractivity (Wildman–Crippen MR) is 113 cm³/mol. The van der Waals surface area contributed by atoms with Gasteiger partial charge < -0.3 is 9.47 Å². The summed E-state index contributed by atoms with van der Waals surface area (Å²) >= 11 is 0. The van der Waals surface area contributed by atoms with E-state index in [1.165, 1.54) is 18.5 Å². The van der Waals surface area contributed by atoms with Gasteiger partial charge >= 0.3 is 0 Å². The van der Waals surface area contributed by atoms with Gasteiger partial charge in [-0.2, -0.15) is 5.10 Å². The lowest BCUT2D eigenvalue weighted by Gasteiger charge is -2.18. The minimum atomic E-state index is -0.225. The Morgan fingerprint density at radius 1 is 1.00 bits per heavy atom. The van der Waals surface area contributed by atoms with E-state index in [4.69, 9.17) is 0 Å². The Morgan fingerprint density at radius 3 is 2.54 bits per heavy atom. The highest BCUT2D eigenvalue weighted by Crippen LogP contribution is 2.22. The summed E-state index contributed by atoms with van der Waals surface area (Å²) in [7, 11) is 0. The molecule has 0 bridgehead atoms. The Balaban J connectivity index is 1.42. The summed E-state index contributed by atoms with van der Waals surface area (Å²) in [5.74, 6) is -0.225. The molecule has 4 rings (SSSR count). The average Bonchev–Trinajstić information content (AvgIpc) is 3.43. The largest absolute Gasteiger partial charge is 0.372 e. The molecule has 1 N–H and O–H groups in total. The van der Waals surface area contributed by atoms with E-state index in [0.717, 1.165) is 29.9 Å². The second-order valence-electron chi connectivity index (χ2n) is 7.07. The van der Waals surface area contributed by atoms with E-state index in [9.17, 15) is 4.79 Å². The minimum absolute atomic E-state index is 0.225. The summed E-state index contributed by atoms with van der Waals surface area (Å²) in [6.45, 7) is 4.33. The van der Waals surface area contributed by atoms with Crippen molar-refractivity contribution in [1.82, 2.24) is 9.99 Å². The van der Waals surface area contributed by atoms with Crippen LogP contribution in [0.1, 0.15) is 34.3 Å². The number of nitrogens with one attached hydrogen (secondary N) is 1. The molecule has 0 saturated carbocycles. The third-order valence-electron chi connectivity index (χ3n) is 5.11. The zero-order valence-corrected chi connectivity index (χ0v) is 16.0. The lowest BCUT2D eigenvalue weighted by atomic mass is 10.1. The normalized spacial score (nSPS) is 14.0. The maximum Gasteiger partial charge on any atom is 0.271 e. The molecule has 0 aliphatic carbocycles. The molecule has 142 valence electrons. The number of amides is 1. The van der Waals surface area contributed by atoms with Gasteiger partial charge in [-0.15, -0.1) is 0 Å². The molecule has 1 aliphatic heterocycles. The lowest BCUT2D eigenvalue weighted by molar-refractivity contribution is 0.0955. The van der Waals surface area contributed by atoms with Crippen LogP contribution in [-0.4, -0.2) is 29.8 Å². The van der Waals surface area contributed by atoms with Gasteiger partial charge in [-0.1, -0.05) is 12.1 Å². The van der Waals surface area contributed by atoms with E-state index in [1.807, 2.05) is 47.3 Å². The number of nitrogens with zero attached hydrogens (tertiary/aromatic N) is 3. The fourth-order valence-corrected chi connectivity index (χ4v) is 3.52. The summed E-state index contributed by atoms with van der Waals surface area (Å²) in [4.78, 5) is 14.8. The first-order valence-electron chi connectivity index (χ1n) is 9.63. The van der Waals surface area contributed by atoms with Crippen molar-refractivity contribution in [1.29, 1.82) is 0 Å². The van der Waals surface area contributed by atoms with E-state index in [2.05, 4.69) is 40.5 Å². The highest BCUT2D eigenvalue weighted by molar-refractivity contribution is 5.95. The number of benzene rings is 2. The highest BCUT2D eigenvalue weighted by Gasteiger charge is 2.12. The van der Waals surface area contributed by atoms with Gasteiger partial charge in [0.1, 0.15) is 0 Å². The maximum atomic E-state index is 12.4. The zero-order valence-electron chi connectivity index (χ0n) is 16.0. The third-order valence-corrected chi connectivity index (χ3v) is 5.11. The summed E-state index contributed by atoms with van der Waals surface area (Å²) in [6.07, 6.45) is 8.13. The summed E-state index contributed by atoms with van der Waals surface area (Å²) in [6, 6.07) is 17.8. The molecular weight excluding hydrogens is 348 g/mol. The van der Waals surface area contributed by atoms with Crippen molar-refractivity contribution in [3.63, 3.8) is 0 Å². The van der Waals surface area contributed by atoms with Gasteiger partial charge in [-0.05, 0) is 73.4 Å². The van der Waals surface area contributed by atoms with Crippen LogP contribution in [0.5, 0.6) is 0 Å². The summed E-state index contributed by atoms with van der Waals surface area (Å²) < 4.78 is 1.96. The number of carbonyl (C=O) groups is 1. The molecule has 2 heterocycles. The van der Waals surface area contributed by atoms with Gasteiger partial charge in [-0.3, -0.25) is 4.79 Å². The molecule has 28 heavy (non-hydrogen) atoms. The van der Waals surface area contributed by atoms with Crippen LogP contribution in [0, 0.1) is 6.92 Å². The third kappa shape index (κ3) is 3.98. The Morgan fingerprint density at radius 2 is 1.79 bits per heavy atom. The van der Waals surface area contributed by atoms with Gasteiger partial charge in [0.15, 0.2) is 0 Å². The quantitative estimate of drug-likeness (QED) is 0.540. The molecular formula is C23H24N4O. The zero-order chi connectivity index (χ0) is 19.3. The maximum absolute atomic E-state index is 12.4. The first-order valence-corrected chi connectivity index (χ1v) is 9.63. The van der Waals surface area contributed by atoms with E-state index in [1.54, 1.807) is 12.3 Å². The van der Waals surface area contributed by atoms with E-state index < -0.39 is 0 Å². The van der Waals surface area contributed by atoms with Crippen LogP contribution in [0.3, 0.4) is 0 Å². The molecule has 0 unspecified atom stereocenters. The Bertz CT molecular complexity index is 986. The van der Waals surface area contributed by atoms with Crippen LogP contribution >= 0.6 is 0 Å². The Labute approximate surface area is 165 Å². The fourth-order valence-electron chi connectivity index (χ4n) is 3.52. The van der Waals surface area contributed by atoms with Gasteiger partial charge in [0, 0.05) is 42.4 Å².